The van der Waals surface area contributed by atoms with Crippen molar-refractivity contribution in [3.05, 3.63) is 59.9 Å². The van der Waals surface area contributed by atoms with E-state index in [1.165, 1.54) is 0 Å². The molecule has 2 saturated heterocycles. The quantitative estimate of drug-likeness (QED) is 0.565. The predicted molar refractivity (Wildman–Crippen MR) is 131 cm³/mol. The largest absolute Gasteiger partial charge is 0.496 e. The van der Waals surface area contributed by atoms with Crippen LogP contribution in [0.15, 0.2) is 48.7 Å². The van der Waals surface area contributed by atoms with Crippen molar-refractivity contribution in [2.45, 2.75) is 44.9 Å². The topological polar surface area (TPSA) is 64.1 Å². The number of methoxy groups -OCH3 is 1. The van der Waals surface area contributed by atoms with Crippen LogP contribution in [0.5, 0.6) is 5.75 Å². The van der Waals surface area contributed by atoms with Crippen molar-refractivity contribution >= 4 is 5.91 Å². The Bertz CT molecular complexity index is 904. The van der Waals surface area contributed by atoms with Gasteiger partial charge >= 0.3 is 0 Å². The van der Waals surface area contributed by atoms with Gasteiger partial charge < -0.3 is 19.1 Å². The minimum Gasteiger partial charge on any atom is -0.496 e. The van der Waals surface area contributed by atoms with Crippen LogP contribution in [0.25, 0.3) is 0 Å². The van der Waals surface area contributed by atoms with Gasteiger partial charge in [-0.3, -0.25) is 14.7 Å². The Morgan fingerprint density at radius 3 is 2.68 bits per heavy atom. The lowest BCUT2D eigenvalue weighted by atomic mass is 9.99. The molecule has 3 heterocycles. The van der Waals surface area contributed by atoms with E-state index in [-0.39, 0.29) is 18.1 Å². The fraction of sp³-hybridized carbons (Fsp3) is 0.556. The van der Waals surface area contributed by atoms with Gasteiger partial charge in [-0.15, -0.1) is 0 Å². The Morgan fingerprint density at radius 2 is 1.91 bits per heavy atom. The minimum absolute atomic E-state index is 0.0755. The fourth-order valence-corrected chi connectivity index (χ4v) is 4.87. The van der Waals surface area contributed by atoms with E-state index in [0.29, 0.717) is 32.2 Å². The molecule has 2 aliphatic heterocycles. The van der Waals surface area contributed by atoms with Crippen LogP contribution in [0, 0.1) is 5.92 Å². The van der Waals surface area contributed by atoms with E-state index in [0.717, 1.165) is 56.0 Å². The van der Waals surface area contributed by atoms with Gasteiger partial charge in [-0.1, -0.05) is 24.3 Å². The maximum Gasteiger partial charge on any atom is 0.236 e. The van der Waals surface area contributed by atoms with Gasteiger partial charge in [-0.2, -0.15) is 0 Å². The van der Waals surface area contributed by atoms with E-state index >= 15 is 0 Å². The number of benzene rings is 1. The summed E-state index contributed by atoms with van der Waals surface area (Å²) in [7, 11) is 1.70. The molecule has 0 bridgehead atoms. The lowest BCUT2D eigenvalue weighted by Crippen LogP contribution is -2.43. The number of nitrogens with zero attached hydrogens (tertiary/aromatic N) is 3. The predicted octanol–water partition coefficient (Wildman–Crippen LogP) is 3.18. The second kappa shape index (κ2) is 12.3. The SMILES string of the molecule is COc1ccccc1CC(C)N1CC(=O)N(CC2CCOCC2)CC(OCc2ccccn2)C1. The van der Waals surface area contributed by atoms with Gasteiger partial charge in [0.1, 0.15) is 5.75 Å². The van der Waals surface area contributed by atoms with Crippen LogP contribution in [0.2, 0.25) is 0 Å². The Kier molecular flexibility index (Phi) is 8.91. The summed E-state index contributed by atoms with van der Waals surface area (Å²) < 4.78 is 17.4. The molecule has 2 fully saturated rings. The molecule has 0 saturated carbocycles. The number of rotatable bonds is 9. The molecule has 0 radical (unpaired) electrons. The molecule has 2 atom stereocenters. The molecule has 7 heteroatoms. The lowest BCUT2D eigenvalue weighted by molar-refractivity contribution is -0.133. The molecule has 2 unspecified atom stereocenters. The van der Waals surface area contributed by atoms with Crippen LogP contribution >= 0.6 is 0 Å². The first-order valence-electron chi connectivity index (χ1n) is 12.4. The monoisotopic (exact) mass is 467 g/mol. The first-order chi connectivity index (χ1) is 16.6. The summed E-state index contributed by atoms with van der Waals surface area (Å²) >= 11 is 0. The van der Waals surface area contributed by atoms with E-state index < -0.39 is 0 Å². The molecule has 184 valence electrons. The van der Waals surface area contributed by atoms with Gasteiger partial charge in [0.2, 0.25) is 5.91 Å². The molecule has 2 aromatic rings. The first kappa shape index (κ1) is 24.6. The summed E-state index contributed by atoms with van der Waals surface area (Å²) in [4.78, 5) is 22.0. The Balaban J connectivity index is 1.46. The van der Waals surface area contributed by atoms with Gasteiger partial charge in [0.25, 0.3) is 0 Å². The first-order valence-corrected chi connectivity index (χ1v) is 12.4. The molecular formula is C27H37N3O4. The molecule has 34 heavy (non-hydrogen) atoms. The fourth-order valence-electron chi connectivity index (χ4n) is 4.87. The normalized spacial score (nSPS) is 21.3. The van der Waals surface area contributed by atoms with Gasteiger partial charge in [0, 0.05) is 45.1 Å². The molecule has 2 aliphatic rings. The summed E-state index contributed by atoms with van der Waals surface area (Å²) in [6, 6.07) is 14.1. The molecule has 0 N–H and O–H groups in total. The van der Waals surface area contributed by atoms with Crippen LogP contribution in [0.1, 0.15) is 31.0 Å². The molecule has 1 aromatic heterocycles. The Morgan fingerprint density at radius 1 is 1.12 bits per heavy atom. The van der Waals surface area contributed by atoms with Crippen molar-refractivity contribution in [1.82, 2.24) is 14.8 Å². The summed E-state index contributed by atoms with van der Waals surface area (Å²) in [6.07, 6.45) is 4.54. The average molecular weight is 468 g/mol. The van der Waals surface area contributed by atoms with Crippen molar-refractivity contribution in [2.24, 2.45) is 5.92 Å². The van der Waals surface area contributed by atoms with Crippen LogP contribution in [0.3, 0.4) is 0 Å². The van der Waals surface area contributed by atoms with E-state index in [9.17, 15) is 4.79 Å². The zero-order valence-corrected chi connectivity index (χ0v) is 20.4. The number of pyridine rings is 1. The zero-order chi connectivity index (χ0) is 23.8. The summed E-state index contributed by atoms with van der Waals surface area (Å²) in [5.41, 5.74) is 2.06. The van der Waals surface area contributed by atoms with Gasteiger partial charge in [0.15, 0.2) is 0 Å². The van der Waals surface area contributed by atoms with Crippen LogP contribution in [0.4, 0.5) is 0 Å². The highest BCUT2D eigenvalue weighted by atomic mass is 16.5. The number of para-hydroxylation sites is 1. The van der Waals surface area contributed by atoms with E-state index in [1.54, 1.807) is 13.3 Å². The second-order valence-electron chi connectivity index (χ2n) is 9.40. The number of hydrogen-bond acceptors (Lipinski definition) is 6. The summed E-state index contributed by atoms with van der Waals surface area (Å²) in [5, 5.41) is 0. The van der Waals surface area contributed by atoms with Crippen molar-refractivity contribution < 1.29 is 19.0 Å². The van der Waals surface area contributed by atoms with Crippen LogP contribution in [-0.2, 0) is 27.3 Å². The highest BCUT2D eigenvalue weighted by molar-refractivity contribution is 5.78. The van der Waals surface area contributed by atoms with Crippen molar-refractivity contribution in [1.29, 1.82) is 0 Å². The third-order valence-electron chi connectivity index (χ3n) is 6.90. The standard InChI is InChI=1S/C27H37N3O4/c1-21(15-23-7-3-4-9-26(23)32-2)29-17-25(34-20-24-8-5-6-12-28-24)18-30(27(31)19-29)16-22-10-13-33-14-11-22/h3-9,12,21-22,25H,10-11,13-20H2,1-2H3. The molecule has 1 amide bonds. The number of carbonyl (C=O) groups is 1. The highest BCUT2D eigenvalue weighted by Gasteiger charge is 2.32. The van der Waals surface area contributed by atoms with E-state index in [4.69, 9.17) is 14.2 Å². The molecule has 4 rings (SSSR count). The molecular weight excluding hydrogens is 430 g/mol. The van der Waals surface area contributed by atoms with Crippen LogP contribution in [-0.4, -0.2) is 79.3 Å². The second-order valence-corrected chi connectivity index (χ2v) is 9.40. The molecule has 0 aliphatic carbocycles. The van der Waals surface area contributed by atoms with Crippen molar-refractivity contribution in [3.63, 3.8) is 0 Å². The number of carbonyl (C=O) groups excluding carboxylic acids is 1. The number of aromatic nitrogens is 1. The summed E-state index contributed by atoms with van der Waals surface area (Å²) in [5.74, 6) is 1.56. The Labute approximate surface area is 203 Å². The maximum atomic E-state index is 13.4. The zero-order valence-electron chi connectivity index (χ0n) is 20.4. The smallest absolute Gasteiger partial charge is 0.236 e. The molecule has 0 spiro atoms. The minimum atomic E-state index is -0.0755. The molecule has 1 aromatic carbocycles. The van der Waals surface area contributed by atoms with Crippen molar-refractivity contribution in [3.8, 4) is 5.75 Å². The van der Waals surface area contributed by atoms with Crippen LogP contribution < -0.4 is 4.74 Å². The van der Waals surface area contributed by atoms with E-state index in [1.807, 2.05) is 41.3 Å². The van der Waals surface area contributed by atoms with Gasteiger partial charge in [-0.25, -0.2) is 0 Å². The number of ether oxygens (including phenoxy) is 3. The van der Waals surface area contributed by atoms with Crippen molar-refractivity contribution in [2.75, 3.05) is 46.5 Å². The average Bonchev–Trinajstić information content (AvgIpc) is 3.03. The Hall–Kier alpha value is -2.48. The molecule has 7 nitrogen and oxygen atoms in total. The van der Waals surface area contributed by atoms with E-state index in [2.05, 4.69) is 22.9 Å². The maximum absolute atomic E-state index is 13.4. The highest BCUT2D eigenvalue weighted by Crippen LogP contribution is 2.23. The van der Waals surface area contributed by atoms with Gasteiger partial charge in [0.05, 0.1) is 32.1 Å². The number of hydrogen-bond donors (Lipinski definition) is 0. The summed E-state index contributed by atoms with van der Waals surface area (Å²) in [6.45, 7) is 6.70. The van der Waals surface area contributed by atoms with Gasteiger partial charge in [-0.05, 0) is 55.9 Å². The third-order valence-corrected chi connectivity index (χ3v) is 6.90. The number of amides is 1. The lowest BCUT2D eigenvalue weighted by Gasteiger charge is -2.30. The third kappa shape index (κ3) is 6.78.